The van der Waals surface area contributed by atoms with Gasteiger partial charge in [0, 0.05) is 26.2 Å². The summed E-state index contributed by atoms with van der Waals surface area (Å²) in [5.74, 6) is 0.326. The van der Waals surface area contributed by atoms with Crippen LogP contribution in [0.4, 0.5) is 17.3 Å². The van der Waals surface area contributed by atoms with E-state index in [1.807, 2.05) is 6.92 Å². The minimum Gasteiger partial charge on any atom is -0.464 e. The third kappa shape index (κ3) is 5.77. The molecule has 0 bridgehead atoms. The standard InChI is InChI=1S/C23H35N7O6/c1-3-5-9-36-23-25-20(24)19(30(33)34)21(26-23)29-8-6-7-28(13-17(29)22(32)35-4-2)18(31)14-27-11-15-10-16(15)12-27/h15-17H,3-14H2,1-2H3,(H2,24,25,26). The van der Waals surface area contributed by atoms with Crippen molar-refractivity contribution >= 4 is 29.2 Å². The molecule has 1 saturated carbocycles. The number of amides is 1. The van der Waals surface area contributed by atoms with E-state index in [0.29, 0.717) is 38.0 Å². The fraction of sp³-hybridized carbons (Fsp3) is 0.739. The highest BCUT2D eigenvalue weighted by molar-refractivity contribution is 5.85. The predicted octanol–water partition coefficient (Wildman–Crippen LogP) is 1.07. The summed E-state index contributed by atoms with van der Waals surface area (Å²) >= 11 is 0. The van der Waals surface area contributed by atoms with Crippen LogP contribution in [0.1, 0.15) is 39.5 Å². The molecule has 1 amide bonds. The summed E-state index contributed by atoms with van der Waals surface area (Å²) in [6.07, 6.45) is 3.37. The van der Waals surface area contributed by atoms with Crippen molar-refractivity contribution < 1.29 is 24.0 Å². The van der Waals surface area contributed by atoms with Crippen molar-refractivity contribution in [3.8, 4) is 6.01 Å². The van der Waals surface area contributed by atoms with E-state index in [-0.39, 0.29) is 43.2 Å². The van der Waals surface area contributed by atoms with Crippen molar-refractivity contribution in [3.63, 3.8) is 0 Å². The van der Waals surface area contributed by atoms with Gasteiger partial charge in [0.2, 0.25) is 17.5 Å². The molecule has 0 spiro atoms. The molecule has 13 heteroatoms. The van der Waals surface area contributed by atoms with E-state index in [9.17, 15) is 19.7 Å². The Morgan fingerprint density at radius 1 is 1.17 bits per heavy atom. The van der Waals surface area contributed by atoms with Crippen LogP contribution in [0.3, 0.4) is 0 Å². The Balaban J connectivity index is 1.60. The van der Waals surface area contributed by atoms with Crippen LogP contribution in [0.5, 0.6) is 6.01 Å². The van der Waals surface area contributed by atoms with Gasteiger partial charge in [-0.3, -0.25) is 19.8 Å². The molecule has 3 aliphatic rings. The summed E-state index contributed by atoms with van der Waals surface area (Å²) in [7, 11) is 0. The van der Waals surface area contributed by atoms with Crippen molar-refractivity contribution in [1.82, 2.24) is 19.8 Å². The first-order valence-corrected chi connectivity index (χ1v) is 12.7. The lowest BCUT2D eigenvalue weighted by Crippen LogP contribution is -2.50. The molecule has 2 N–H and O–H groups in total. The molecule has 3 fully saturated rings. The SMILES string of the molecule is CCCCOc1nc(N)c([N+](=O)[O-])c(N2CCCN(C(=O)CN3CC4CC4C3)CC2C(=O)OCC)n1. The molecule has 3 atom stereocenters. The van der Waals surface area contributed by atoms with E-state index in [0.717, 1.165) is 25.9 Å². The quantitative estimate of drug-likeness (QED) is 0.210. The minimum absolute atomic E-state index is 0.0332. The average Bonchev–Trinajstić information content (AvgIpc) is 3.51. The first-order chi connectivity index (χ1) is 17.3. The van der Waals surface area contributed by atoms with E-state index in [4.69, 9.17) is 15.2 Å². The summed E-state index contributed by atoms with van der Waals surface area (Å²) < 4.78 is 10.9. The predicted molar refractivity (Wildman–Crippen MR) is 131 cm³/mol. The lowest BCUT2D eigenvalue weighted by Gasteiger charge is -2.31. The van der Waals surface area contributed by atoms with E-state index in [2.05, 4.69) is 14.9 Å². The summed E-state index contributed by atoms with van der Waals surface area (Å²) in [5, 5.41) is 11.9. The van der Waals surface area contributed by atoms with Crippen LogP contribution in [-0.4, -0.2) is 95.1 Å². The van der Waals surface area contributed by atoms with Gasteiger partial charge in [0.05, 0.1) is 31.2 Å². The van der Waals surface area contributed by atoms with Crippen LogP contribution in [0.25, 0.3) is 0 Å². The fourth-order valence-corrected chi connectivity index (χ4v) is 5.01. The van der Waals surface area contributed by atoms with Gasteiger partial charge in [0.1, 0.15) is 6.04 Å². The molecule has 1 aromatic heterocycles. The summed E-state index contributed by atoms with van der Waals surface area (Å²) in [6, 6.07) is -1.08. The summed E-state index contributed by atoms with van der Waals surface area (Å²) in [6.45, 7) is 7.01. The second kappa shape index (κ2) is 11.2. The number of anilines is 2. The van der Waals surface area contributed by atoms with Gasteiger partial charge >= 0.3 is 17.7 Å². The maximum absolute atomic E-state index is 13.2. The molecule has 2 aliphatic heterocycles. The number of rotatable bonds is 10. The zero-order chi connectivity index (χ0) is 25.8. The molecule has 0 radical (unpaired) electrons. The Bertz CT molecular complexity index is 982. The number of nitrogen functional groups attached to an aromatic ring is 1. The number of carbonyl (C=O) groups is 2. The molecule has 2 saturated heterocycles. The molecule has 36 heavy (non-hydrogen) atoms. The minimum atomic E-state index is -0.986. The van der Waals surface area contributed by atoms with Crippen molar-refractivity contribution in [2.24, 2.45) is 11.8 Å². The molecule has 3 unspecified atom stereocenters. The number of nitro groups is 1. The second-order valence-corrected chi connectivity index (χ2v) is 9.63. The number of nitrogens with zero attached hydrogens (tertiary/aromatic N) is 6. The maximum Gasteiger partial charge on any atom is 0.353 e. The van der Waals surface area contributed by atoms with E-state index < -0.39 is 22.6 Å². The number of piperidine rings is 1. The first-order valence-electron chi connectivity index (χ1n) is 12.7. The zero-order valence-corrected chi connectivity index (χ0v) is 20.9. The fourth-order valence-electron chi connectivity index (χ4n) is 5.01. The highest BCUT2D eigenvalue weighted by Gasteiger charge is 2.46. The van der Waals surface area contributed by atoms with Gasteiger partial charge in [-0.1, -0.05) is 13.3 Å². The molecule has 1 aliphatic carbocycles. The Kier molecular flexibility index (Phi) is 8.07. The number of esters is 1. The molecular formula is C23H35N7O6. The number of aromatic nitrogens is 2. The highest BCUT2D eigenvalue weighted by Crippen LogP contribution is 2.44. The van der Waals surface area contributed by atoms with Gasteiger partial charge in [0.15, 0.2) is 0 Å². The number of nitrogens with two attached hydrogens (primary N) is 1. The van der Waals surface area contributed by atoms with Crippen molar-refractivity contribution in [3.05, 3.63) is 10.1 Å². The van der Waals surface area contributed by atoms with Crippen LogP contribution >= 0.6 is 0 Å². The third-order valence-electron chi connectivity index (χ3n) is 6.98. The number of hydrogen-bond donors (Lipinski definition) is 1. The monoisotopic (exact) mass is 505 g/mol. The van der Waals surface area contributed by atoms with Gasteiger partial charge in [-0.05, 0) is 38.0 Å². The molecule has 3 heterocycles. The van der Waals surface area contributed by atoms with Gasteiger partial charge in [-0.15, -0.1) is 0 Å². The van der Waals surface area contributed by atoms with Crippen LogP contribution in [0.15, 0.2) is 0 Å². The number of hydrogen-bond acceptors (Lipinski definition) is 11. The molecule has 1 aromatic rings. The lowest BCUT2D eigenvalue weighted by molar-refractivity contribution is -0.383. The first kappa shape index (κ1) is 25.9. The van der Waals surface area contributed by atoms with Crippen LogP contribution < -0.4 is 15.4 Å². The van der Waals surface area contributed by atoms with Gasteiger partial charge in [0.25, 0.3) is 0 Å². The Labute approximate surface area is 210 Å². The lowest BCUT2D eigenvalue weighted by atomic mass is 10.2. The number of carbonyl (C=O) groups excluding carboxylic acids is 2. The number of fused-ring (bicyclic) bond motifs is 1. The Morgan fingerprint density at radius 3 is 2.58 bits per heavy atom. The third-order valence-corrected chi connectivity index (χ3v) is 6.98. The smallest absolute Gasteiger partial charge is 0.353 e. The topological polar surface area (TPSA) is 157 Å². The zero-order valence-electron chi connectivity index (χ0n) is 20.9. The Hall–Kier alpha value is -3.22. The molecule has 13 nitrogen and oxygen atoms in total. The number of likely N-dealkylation sites (tertiary alicyclic amines) is 1. The van der Waals surface area contributed by atoms with Crippen LogP contribution in [0, 0.1) is 22.0 Å². The Morgan fingerprint density at radius 2 is 1.92 bits per heavy atom. The molecule has 0 aromatic carbocycles. The number of ether oxygens (including phenoxy) is 2. The van der Waals surface area contributed by atoms with Crippen LogP contribution in [-0.2, 0) is 14.3 Å². The molecular weight excluding hydrogens is 470 g/mol. The van der Waals surface area contributed by atoms with Gasteiger partial charge < -0.3 is 25.0 Å². The molecule has 198 valence electrons. The van der Waals surface area contributed by atoms with Crippen molar-refractivity contribution in [2.45, 2.75) is 45.6 Å². The highest BCUT2D eigenvalue weighted by atomic mass is 16.6. The van der Waals surface area contributed by atoms with Gasteiger partial charge in [-0.25, -0.2) is 4.79 Å². The van der Waals surface area contributed by atoms with Gasteiger partial charge in [-0.2, -0.15) is 9.97 Å². The van der Waals surface area contributed by atoms with Crippen molar-refractivity contribution in [2.75, 3.05) is 63.1 Å². The average molecular weight is 506 g/mol. The maximum atomic E-state index is 13.2. The molecule has 4 rings (SSSR count). The van der Waals surface area contributed by atoms with Crippen molar-refractivity contribution in [1.29, 1.82) is 0 Å². The normalized spacial score (nSPS) is 23.7. The summed E-state index contributed by atoms with van der Waals surface area (Å²) in [4.78, 5) is 51.1. The second-order valence-electron chi connectivity index (χ2n) is 9.63. The van der Waals surface area contributed by atoms with E-state index in [1.165, 1.54) is 11.3 Å². The largest absolute Gasteiger partial charge is 0.464 e. The summed E-state index contributed by atoms with van der Waals surface area (Å²) in [5.41, 5.74) is 5.45. The van der Waals surface area contributed by atoms with Crippen LogP contribution in [0.2, 0.25) is 0 Å². The van der Waals surface area contributed by atoms with E-state index >= 15 is 0 Å². The van der Waals surface area contributed by atoms with E-state index in [1.54, 1.807) is 11.8 Å². The number of unbranched alkanes of at least 4 members (excludes halogenated alkanes) is 1.